The number of hydrogen-bond acceptors (Lipinski definition) is 7. The van der Waals surface area contributed by atoms with Crippen LogP contribution in [-0.2, 0) is 36.9 Å². The summed E-state index contributed by atoms with van der Waals surface area (Å²) in [6.07, 6.45) is 4.28. The maximum absolute atomic E-state index is 14.3. The largest absolute Gasteiger partial charge is 0.460 e. The highest BCUT2D eigenvalue weighted by Gasteiger charge is 2.61. The maximum atomic E-state index is 14.3. The van der Waals surface area contributed by atoms with Crippen molar-refractivity contribution in [3.8, 4) is 0 Å². The zero-order valence-corrected chi connectivity index (χ0v) is 21.7. The van der Waals surface area contributed by atoms with E-state index in [-0.39, 0.29) is 24.2 Å². The quantitative estimate of drug-likeness (QED) is 0.231. The molecule has 212 valence electrons. The van der Waals surface area contributed by atoms with Crippen molar-refractivity contribution in [3.05, 3.63) is 92.1 Å². The van der Waals surface area contributed by atoms with E-state index in [1.165, 1.54) is 0 Å². The van der Waals surface area contributed by atoms with Crippen LogP contribution in [0.4, 0.5) is 13.2 Å². The monoisotopic (exact) mass is 560 g/mol. The van der Waals surface area contributed by atoms with E-state index in [0.29, 0.717) is 52.7 Å². The smallest absolute Gasteiger partial charge is 0.334 e. The predicted octanol–water partition coefficient (Wildman–Crippen LogP) is 2.77. The second-order valence-electron chi connectivity index (χ2n) is 10.5. The second-order valence-corrected chi connectivity index (χ2v) is 10.5. The fraction of sp³-hybridized carbons (Fsp3) is 0.429. The van der Waals surface area contributed by atoms with Gasteiger partial charge in [0.2, 0.25) is 5.82 Å². The van der Waals surface area contributed by atoms with Gasteiger partial charge >= 0.3 is 17.6 Å². The summed E-state index contributed by atoms with van der Waals surface area (Å²) in [5.74, 6) is -4.73. The fourth-order valence-electron chi connectivity index (χ4n) is 5.30. The minimum Gasteiger partial charge on any atom is -0.460 e. The van der Waals surface area contributed by atoms with E-state index in [0.717, 1.165) is 17.7 Å². The number of esters is 2. The number of aromatic nitrogens is 2. The zero-order chi connectivity index (χ0) is 28.8. The molecule has 9 nitrogen and oxygen atoms in total. The first kappa shape index (κ1) is 27.6. The first-order valence-corrected chi connectivity index (χ1v) is 12.8. The number of carbonyl (C=O) groups excluding carboxylic acids is 2. The van der Waals surface area contributed by atoms with Crippen molar-refractivity contribution in [2.24, 2.45) is 5.92 Å². The molecule has 0 saturated carbocycles. The van der Waals surface area contributed by atoms with Crippen LogP contribution in [0.15, 0.2) is 57.8 Å². The molecule has 3 aliphatic rings. The molecule has 1 aromatic heterocycles. The molecule has 0 bridgehead atoms. The Kier molecular flexibility index (Phi) is 7.30. The number of carbonyl (C=O) groups is 2. The van der Waals surface area contributed by atoms with Gasteiger partial charge in [-0.3, -0.25) is 18.7 Å². The number of halogens is 3. The van der Waals surface area contributed by atoms with Crippen LogP contribution in [0, 0.1) is 23.4 Å². The molecule has 2 fully saturated rings. The van der Waals surface area contributed by atoms with Crippen LogP contribution in [0.25, 0.3) is 0 Å². The molecule has 0 N–H and O–H groups in total. The van der Waals surface area contributed by atoms with E-state index in [1.807, 2.05) is 13.0 Å². The normalized spacial score (nSPS) is 27.2. The topological polar surface area (TPSA) is 109 Å². The van der Waals surface area contributed by atoms with E-state index in [2.05, 4.69) is 6.58 Å². The van der Waals surface area contributed by atoms with Crippen molar-refractivity contribution < 1.29 is 37.0 Å². The highest BCUT2D eigenvalue weighted by atomic mass is 19.1. The first-order chi connectivity index (χ1) is 19.0. The van der Waals surface area contributed by atoms with E-state index in [9.17, 15) is 32.3 Å². The van der Waals surface area contributed by atoms with Gasteiger partial charge in [-0.15, -0.1) is 0 Å². The predicted molar refractivity (Wildman–Crippen MR) is 134 cm³/mol. The van der Waals surface area contributed by atoms with Gasteiger partial charge in [0.05, 0.1) is 18.3 Å². The van der Waals surface area contributed by atoms with Crippen molar-refractivity contribution in [1.82, 2.24) is 9.13 Å². The summed E-state index contributed by atoms with van der Waals surface area (Å²) in [7, 11) is 0. The second kappa shape index (κ2) is 10.6. The molecule has 2 saturated heterocycles. The van der Waals surface area contributed by atoms with E-state index in [1.54, 1.807) is 0 Å². The van der Waals surface area contributed by atoms with Gasteiger partial charge in [0, 0.05) is 23.1 Å². The summed E-state index contributed by atoms with van der Waals surface area (Å²) in [4.78, 5) is 49.8. The molecule has 1 aromatic carbocycles. The number of allylic oxidation sites excluding steroid dienone is 1. The average Bonchev–Trinajstić information content (AvgIpc) is 3.49. The van der Waals surface area contributed by atoms with Crippen LogP contribution < -0.4 is 11.2 Å². The van der Waals surface area contributed by atoms with Crippen molar-refractivity contribution in [2.75, 3.05) is 6.61 Å². The lowest BCUT2D eigenvalue weighted by molar-refractivity contribution is -0.143. The molecule has 2 aromatic rings. The Balaban J connectivity index is 1.27. The van der Waals surface area contributed by atoms with Crippen LogP contribution in [0.2, 0.25) is 0 Å². The van der Waals surface area contributed by atoms with Crippen LogP contribution in [0.3, 0.4) is 0 Å². The van der Waals surface area contributed by atoms with Crippen LogP contribution in [0.1, 0.15) is 38.2 Å². The van der Waals surface area contributed by atoms with Gasteiger partial charge in [0.1, 0.15) is 37.0 Å². The van der Waals surface area contributed by atoms with E-state index < -0.39 is 65.4 Å². The minimum absolute atomic E-state index is 0.101. The summed E-state index contributed by atoms with van der Waals surface area (Å²) in [5.41, 5.74) is -1.83. The Morgan fingerprint density at radius 3 is 2.73 bits per heavy atom. The maximum Gasteiger partial charge on any atom is 0.334 e. The van der Waals surface area contributed by atoms with Gasteiger partial charge in [0.15, 0.2) is 0 Å². The van der Waals surface area contributed by atoms with Crippen molar-refractivity contribution in [2.45, 2.75) is 63.5 Å². The van der Waals surface area contributed by atoms with Crippen LogP contribution in [0.5, 0.6) is 0 Å². The SMILES string of the molecule is C=C1C(=O)O[C@H]2[C@H]1CC/C(COC(=O)Cn1cc(F)c(=O)n(Cc3ccc(F)cc3F)c1=O)=C\CC[C@@]1(C)O[C@@H]21. The minimum atomic E-state index is -1.33. The molecule has 1 aliphatic carbocycles. The number of epoxide rings is 1. The summed E-state index contributed by atoms with van der Waals surface area (Å²) in [6.45, 7) is 4.37. The molecule has 0 amide bonds. The molecule has 0 spiro atoms. The summed E-state index contributed by atoms with van der Waals surface area (Å²) in [6, 6.07) is 2.55. The lowest BCUT2D eigenvalue weighted by Gasteiger charge is -2.20. The number of rotatable bonds is 6. The molecule has 12 heteroatoms. The number of nitrogens with zero attached hydrogens (tertiary/aromatic N) is 2. The summed E-state index contributed by atoms with van der Waals surface area (Å²) in [5, 5.41) is 0. The highest BCUT2D eigenvalue weighted by Crippen LogP contribution is 2.49. The third-order valence-corrected chi connectivity index (χ3v) is 7.70. The Morgan fingerprint density at radius 1 is 1.20 bits per heavy atom. The Hall–Kier alpha value is -3.93. The highest BCUT2D eigenvalue weighted by molar-refractivity contribution is 5.91. The number of benzene rings is 1. The lowest BCUT2D eigenvalue weighted by Crippen LogP contribution is -2.42. The van der Waals surface area contributed by atoms with Crippen LogP contribution >= 0.6 is 0 Å². The Bertz CT molecular complexity index is 1550. The molecule has 5 rings (SSSR count). The molecule has 0 radical (unpaired) electrons. The van der Waals surface area contributed by atoms with Gasteiger partial charge in [-0.1, -0.05) is 18.7 Å². The van der Waals surface area contributed by atoms with Crippen LogP contribution in [-0.4, -0.2) is 45.5 Å². The summed E-state index contributed by atoms with van der Waals surface area (Å²) < 4.78 is 59.5. The molecule has 2 aliphatic heterocycles. The fourth-order valence-corrected chi connectivity index (χ4v) is 5.30. The summed E-state index contributed by atoms with van der Waals surface area (Å²) >= 11 is 0. The Labute approximate surface area is 226 Å². The van der Waals surface area contributed by atoms with Gasteiger partial charge in [-0.05, 0) is 44.2 Å². The first-order valence-electron chi connectivity index (χ1n) is 12.8. The molecule has 40 heavy (non-hydrogen) atoms. The Morgan fingerprint density at radius 2 is 1.98 bits per heavy atom. The van der Waals surface area contributed by atoms with Crippen molar-refractivity contribution in [3.63, 3.8) is 0 Å². The standard InChI is InChI=1S/C28H27F3N2O7/c1-15-19-8-5-16(4-3-9-28(2)24(40-28)23(19)39-26(15)36)14-38-22(34)13-32-12-21(31)25(35)33(27(32)37)11-17-6-7-18(29)10-20(17)30/h4,6-7,10,12,19,23-24H,1,3,5,8-9,11,13-14H2,2H3/b16-4+/t19-,23-,24-,28+/m0/s1. The molecule has 3 heterocycles. The number of ether oxygens (including phenoxy) is 3. The third-order valence-electron chi connectivity index (χ3n) is 7.70. The van der Waals surface area contributed by atoms with Gasteiger partial charge in [0.25, 0.3) is 5.56 Å². The molecular weight excluding hydrogens is 533 g/mol. The molecule has 0 unspecified atom stereocenters. The molecule has 4 atom stereocenters. The number of hydrogen-bond donors (Lipinski definition) is 0. The number of fused-ring (bicyclic) bond motifs is 3. The van der Waals surface area contributed by atoms with Gasteiger partial charge in [-0.2, -0.15) is 4.39 Å². The third kappa shape index (κ3) is 5.40. The van der Waals surface area contributed by atoms with Crippen molar-refractivity contribution >= 4 is 11.9 Å². The molecular formula is C28H27F3N2O7. The van der Waals surface area contributed by atoms with E-state index in [4.69, 9.17) is 14.2 Å². The van der Waals surface area contributed by atoms with Crippen molar-refractivity contribution in [1.29, 1.82) is 0 Å². The zero-order valence-electron chi connectivity index (χ0n) is 21.7. The average molecular weight is 561 g/mol. The van der Waals surface area contributed by atoms with E-state index >= 15 is 0 Å². The lowest BCUT2D eigenvalue weighted by atomic mass is 9.84. The van der Waals surface area contributed by atoms with Gasteiger partial charge in [-0.25, -0.2) is 18.4 Å². The van der Waals surface area contributed by atoms with Gasteiger partial charge < -0.3 is 14.2 Å².